The van der Waals surface area contributed by atoms with Crippen molar-refractivity contribution in [3.63, 3.8) is 0 Å². The molecule has 0 fully saturated rings. The third-order valence-corrected chi connectivity index (χ3v) is 4.18. The van der Waals surface area contributed by atoms with Gasteiger partial charge in [-0.15, -0.1) is 12.1 Å². The van der Waals surface area contributed by atoms with Gasteiger partial charge >= 0.3 is 7.32 Å². The highest BCUT2D eigenvalue weighted by Crippen LogP contribution is 2.21. The number of benzene rings is 3. The fourth-order valence-corrected chi connectivity index (χ4v) is 2.41. The van der Waals surface area contributed by atoms with Crippen LogP contribution in [0, 0.1) is 18.1 Å². The number of nitrogens with one attached hydrogen (secondary N) is 1. The molecule has 0 amide bonds. The normalized spacial score (nSPS) is 9.47. The van der Waals surface area contributed by atoms with E-state index < -0.39 is 7.32 Å². The van der Waals surface area contributed by atoms with Crippen molar-refractivity contribution in [2.45, 2.75) is 0 Å². The van der Waals surface area contributed by atoms with Gasteiger partial charge in [-0.25, -0.2) is 0 Å². The summed E-state index contributed by atoms with van der Waals surface area (Å²) in [6.45, 7) is 0.651. The number of hydrogen-bond acceptors (Lipinski definition) is 6. The average Bonchev–Trinajstić information content (AvgIpc) is 2.88. The SMILES string of the molecule is COc1cc[c-]cc1.COc1ccc(OB(OC#CC[NH+](C)C)Oc2ccc(OC)cc2)cc1. The van der Waals surface area contributed by atoms with E-state index in [1.807, 2.05) is 38.4 Å². The Morgan fingerprint density at radius 1 is 0.676 bits per heavy atom. The Bertz CT molecular complexity index is 952. The maximum Gasteiger partial charge on any atom is 0.873 e. The Morgan fingerprint density at radius 3 is 1.47 bits per heavy atom. The third kappa shape index (κ3) is 10.1. The fraction of sp³-hybridized carbons (Fsp3) is 0.231. The van der Waals surface area contributed by atoms with Crippen LogP contribution in [0.25, 0.3) is 0 Å². The maximum atomic E-state index is 5.74. The summed E-state index contributed by atoms with van der Waals surface area (Å²) < 4.78 is 32.1. The lowest BCUT2D eigenvalue weighted by Crippen LogP contribution is -3.05. The molecule has 0 heterocycles. The van der Waals surface area contributed by atoms with Crippen LogP contribution in [-0.4, -0.2) is 49.3 Å². The van der Waals surface area contributed by atoms with Gasteiger partial charge in [-0.05, 0) is 54.5 Å². The van der Waals surface area contributed by atoms with Crippen LogP contribution in [-0.2, 0) is 4.65 Å². The van der Waals surface area contributed by atoms with Gasteiger partial charge in [-0.1, -0.05) is 0 Å². The molecule has 0 atom stereocenters. The first kappa shape index (κ1) is 26.3. The van der Waals surface area contributed by atoms with E-state index in [2.05, 4.69) is 18.1 Å². The van der Waals surface area contributed by atoms with Gasteiger partial charge in [0.15, 0.2) is 0 Å². The molecule has 0 bridgehead atoms. The predicted octanol–water partition coefficient (Wildman–Crippen LogP) is 2.76. The fourth-order valence-electron chi connectivity index (χ4n) is 2.41. The molecule has 0 radical (unpaired) electrons. The molecule has 3 aromatic carbocycles. The molecule has 8 heteroatoms. The number of ether oxygens (including phenoxy) is 3. The molecule has 34 heavy (non-hydrogen) atoms. The van der Waals surface area contributed by atoms with Crippen LogP contribution in [0.2, 0.25) is 0 Å². The summed E-state index contributed by atoms with van der Waals surface area (Å²) >= 11 is 0. The Balaban J connectivity index is 0.000000430. The molecule has 0 unspecified atom stereocenters. The molecule has 3 rings (SSSR count). The monoisotopic (exact) mass is 463 g/mol. The summed E-state index contributed by atoms with van der Waals surface area (Å²) in [5.41, 5.74) is 0. The van der Waals surface area contributed by atoms with Crippen LogP contribution in [0.4, 0.5) is 0 Å². The first-order chi connectivity index (χ1) is 16.5. The van der Waals surface area contributed by atoms with Crippen molar-refractivity contribution in [3.05, 3.63) is 78.9 Å². The van der Waals surface area contributed by atoms with Gasteiger partial charge in [-0.3, -0.25) is 0 Å². The lowest BCUT2D eigenvalue weighted by molar-refractivity contribution is -0.850. The van der Waals surface area contributed by atoms with E-state index in [9.17, 15) is 0 Å². The standard InChI is InChI=1S/C19H22BNO5.C7H7O/c1-21(2)14-5-15-24-20(25-18-10-6-16(22-3)7-11-18)26-19-12-8-17(23-4)9-13-19;1-8-7-5-3-2-4-6-7/h6-13H,14H2,1-4H3;3-6H,1H3/q;-1/p+1. The Morgan fingerprint density at radius 2 is 1.09 bits per heavy atom. The van der Waals surface area contributed by atoms with E-state index in [0.29, 0.717) is 18.0 Å². The molecule has 178 valence electrons. The topological polar surface area (TPSA) is 59.8 Å². The zero-order valence-electron chi connectivity index (χ0n) is 20.2. The van der Waals surface area contributed by atoms with Gasteiger partial charge in [0, 0.05) is 5.75 Å². The summed E-state index contributed by atoms with van der Waals surface area (Å²) in [6, 6.07) is 24.5. The Kier molecular flexibility index (Phi) is 11.6. The van der Waals surface area contributed by atoms with Gasteiger partial charge in [0.2, 0.25) is 0 Å². The molecular weight excluding hydrogens is 433 g/mol. The molecule has 0 saturated heterocycles. The first-order valence-electron chi connectivity index (χ1n) is 10.6. The highest BCUT2D eigenvalue weighted by atomic mass is 16.7. The van der Waals surface area contributed by atoms with Crippen LogP contribution in [0.3, 0.4) is 0 Å². The molecule has 0 aliphatic rings. The Hall–Kier alpha value is -3.96. The molecular formula is C26H30BNO6. The van der Waals surface area contributed by atoms with Crippen molar-refractivity contribution in [2.24, 2.45) is 0 Å². The number of methoxy groups -OCH3 is 3. The van der Waals surface area contributed by atoms with Gasteiger partial charge in [-0.2, -0.15) is 18.2 Å². The quantitative estimate of drug-likeness (QED) is 0.299. The van der Waals surface area contributed by atoms with E-state index in [1.54, 1.807) is 69.9 Å². The van der Waals surface area contributed by atoms with Crippen LogP contribution >= 0.6 is 0 Å². The summed E-state index contributed by atoms with van der Waals surface area (Å²) in [4.78, 5) is 1.20. The molecule has 1 N–H and O–H groups in total. The third-order valence-electron chi connectivity index (χ3n) is 4.18. The van der Waals surface area contributed by atoms with E-state index in [0.717, 1.165) is 17.2 Å². The second kappa shape index (κ2) is 15.0. The summed E-state index contributed by atoms with van der Waals surface area (Å²) in [7, 11) is 7.87. The van der Waals surface area contributed by atoms with Crippen LogP contribution < -0.4 is 28.4 Å². The van der Waals surface area contributed by atoms with Gasteiger partial charge in [0.05, 0.1) is 35.4 Å². The smallest absolute Gasteiger partial charge is 0.522 e. The molecule has 0 aliphatic carbocycles. The van der Waals surface area contributed by atoms with Crippen molar-refractivity contribution in [1.29, 1.82) is 0 Å². The number of rotatable bonds is 9. The lowest BCUT2D eigenvalue weighted by atomic mass is 10.2. The van der Waals surface area contributed by atoms with E-state index in [-0.39, 0.29) is 0 Å². The average molecular weight is 463 g/mol. The van der Waals surface area contributed by atoms with Crippen molar-refractivity contribution >= 4 is 7.32 Å². The predicted molar refractivity (Wildman–Crippen MR) is 131 cm³/mol. The van der Waals surface area contributed by atoms with Gasteiger partial charge in [0.1, 0.15) is 35.6 Å². The van der Waals surface area contributed by atoms with Crippen molar-refractivity contribution in [1.82, 2.24) is 0 Å². The van der Waals surface area contributed by atoms with Gasteiger partial charge < -0.3 is 33.1 Å². The highest BCUT2D eigenvalue weighted by Gasteiger charge is 2.29. The second-order valence-corrected chi connectivity index (χ2v) is 7.10. The summed E-state index contributed by atoms with van der Waals surface area (Å²) in [5.74, 6) is 6.41. The molecule has 0 aromatic heterocycles. The number of hydrogen-bond donors (Lipinski definition) is 1. The molecule has 0 saturated carbocycles. The zero-order valence-corrected chi connectivity index (χ0v) is 20.2. The minimum absolute atomic E-state index is 0.573. The largest absolute Gasteiger partial charge is 0.873 e. The van der Waals surface area contributed by atoms with Crippen molar-refractivity contribution in [3.8, 4) is 40.8 Å². The van der Waals surface area contributed by atoms with Gasteiger partial charge in [0.25, 0.3) is 0 Å². The van der Waals surface area contributed by atoms with Crippen LogP contribution in [0.5, 0.6) is 28.7 Å². The Labute approximate surface area is 202 Å². The lowest BCUT2D eigenvalue weighted by Gasteiger charge is -2.13. The minimum atomic E-state index is -1.01. The van der Waals surface area contributed by atoms with E-state index >= 15 is 0 Å². The first-order valence-corrected chi connectivity index (χ1v) is 10.6. The van der Waals surface area contributed by atoms with Crippen molar-refractivity contribution < 1.29 is 33.1 Å². The van der Waals surface area contributed by atoms with Crippen molar-refractivity contribution in [2.75, 3.05) is 42.0 Å². The van der Waals surface area contributed by atoms with Crippen LogP contribution in [0.1, 0.15) is 0 Å². The molecule has 7 nitrogen and oxygen atoms in total. The summed E-state index contributed by atoms with van der Waals surface area (Å²) in [5, 5.41) is 0. The van der Waals surface area contributed by atoms with Crippen LogP contribution in [0.15, 0.2) is 72.8 Å². The molecule has 0 aliphatic heterocycles. The zero-order chi connectivity index (χ0) is 24.6. The summed E-state index contributed by atoms with van der Waals surface area (Å²) in [6.07, 6.45) is 2.63. The minimum Gasteiger partial charge on any atom is -0.522 e. The number of quaternary nitrogens is 1. The maximum absolute atomic E-state index is 5.74. The molecule has 0 spiro atoms. The van der Waals surface area contributed by atoms with E-state index in [4.69, 9.17) is 28.2 Å². The second-order valence-electron chi connectivity index (χ2n) is 7.10. The highest BCUT2D eigenvalue weighted by molar-refractivity contribution is 6.39. The van der Waals surface area contributed by atoms with E-state index in [1.165, 1.54) is 4.90 Å². The molecule has 3 aromatic rings.